The first-order chi connectivity index (χ1) is 10.3. The molecule has 21 heavy (non-hydrogen) atoms. The SMILES string of the molecule is COCCNCc1cn(CC(=O)Nc2ccccc2)cn1. The number of carbonyl (C=O) groups excluding carboxylic acids is 1. The van der Waals surface area contributed by atoms with E-state index in [-0.39, 0.29) is 12.5 Å². The predicted octanol–water partition coefficient (Wildman–Crippen LogP) is 1.26. The van der Waals surface area contributed by atoms with E-state index < -0.39 is 0 Å². The molecule has 0 spiro atoms. The fraction of sp³-hybridized carbons (Fsp3) is 0.333. The highest BCUT2D eigenvalue weighted by Gasteiger charge is 2.05. The zero-order valence-corrected chi connectivity index (χ0v) is 12.1. The molecule has 0 aliphatic heterocycles. The van der Waals surface area contributed by atoms with Gasteiger partial charge in [-0.25, -0.2) is 4.98 Å². The maximum Gasteiger partial charge on any atom is 0.244 e. The lowest BCUT2D eigenvalue weighted by atomic mass is 10.3. The van der Waals surface area contributed by atoms with Crippen LogP contribution in [-0.2, 0) is 22.6 Å². The van der Waals surface area contributed by atoms with Gasteiger partial charge < -0.3 is 19.9 Å². The van der Waals surface area contributed by atoms with Crippen LogP contribution in [0.3, 0.4) is 0 Å². The number of para-hydroxylation sites is 1. The van der Waals surface area contributed by atoms with Crippen LogP contribution in [0.4, 0.5) is 5.69 Å². The lowest BCUT2D eigenvalue weighted by Gasteiger charge is -2.05. The van der Waals surface area contributed by atoms with E-state index in [1.54, 1.807) is 18.0 Å². The zero-order valence-electron chi connectivity index (χ0n) is 12.1. The normalized spacial score (nSPS) is 10.5. The average Bonchev–Trinajstić information content (AvgIpc) is 2.92. The Kier molecular flexibility index (Phi) is 5.93. The van der Waals surface area contributed by atoms with Crippen LogP contribution in [0.1, 0.15) is 5.69 Å². The average molecular weight is 288 g/mol. The Balaban J connectivity index is 1.78. The molecule has 0 bridgehead atoms. The number of amides is 1. The molecular formula is C15H20N4O2. The molecule has 1 aromatic heterocycles. The van der Waals surface area contributed by atoms with Crippen molar-refractivity contribution in [1.82, 2.24) is 14.9 Å². The molecule has 1 heterocycles. The number of hydrogen-bond acceptors (Lipinski definition) is 4. The first-order valence-corrected chi connectivity index (χ1v) is 6.83. The molecule has 112 valence electrons. The van der Waals surface area contributed by atoms with E-state index in [1.807, 2.05) is 36.5 Å². The third-order valence-corrected chi connectivity index (χ3v) is 2.86. The van der Waals surface area contributed by atoms with Crippen LogP contribution in [0.5, 0.6) is 0 Å². The number of methoxy groups -OCH3 is 1. The summed E-state index contributed by atoms with van der Waals surface area (Å²) in [7, 11) is 1.67. The summed E-state index contributed by atoms with van der Waals surface area (Å²) in [4.78, 5) is 16.2. The number of imidazole rings is 1. The van der Waals surface area contributed by atoms with Crippen molar-refractivity contribution in [2.45, 2.75) is 13.1 Å². The maximum absolute atomic E-state index is 11.9. The Morgan fingerprint density at radius 1 is 1.33 bits per heavy atom. The van der Waals surface area contributed by atoms with E-state index in [0.717, 1.165) is 17.9 Å². The topological polar surface area (TPSA) is 68.2 Å². The third-order valence-electron chi connectivity index (χ3n) is 2.86. The van der Waals surface area contributed by atoms with Crippen molar-refractivity contribution in [3.05, 3.63) is 48.5 Å². The van der Waals surface area contributed by atoms with Crippen LogP contribution in [0.2, 0.25) is 0 Å². The first kappa shape index (κ1) is 15.2. The van der Waals surface area contributed by atoms with Crippen LogP contribution in [0.15, 0.2) is 42.9 Å². The number of nitrogens with one attached hydrogen (secondary N) is 2. The fourth-order valence-corrected chi connectivity index (χ4v) is 1.86. The van der Waals surface area contributed by atoms with Crippen molar-refractivity contribution in [2.24, 2.45) is 0 Å². The Morgan fingerprint density at radius 3 is 2.90 bits per heavy atom. The van der Waals surface area contributed by atoms with E-state index >= 15 is 0 Å². The minimum atomic E-state index is -0.0718. The van der Waals surface area contributed by atoms with Crippen LogP contribution in [0.25, 0.3) is 0 Å². The van der Waals surface area contributed by atoms with E-state index in [9.17, 15) is 4.79 Å². The highest BCUT2D eigenvalue weighted by Crippen LogP contribution is 2.05. The smallest absolute Gasteiger partial charge is 0.244 e. The standard InChI is InChI=1S/C15H20N4O2/c1-21-8-7-16-9-14-10-19(12-17-14)11-15(20)18-13-5-3-2-4-6-13/h2-6,10,12,16H,7-9,11H2,1H3,(H,18,20). The van der Waals surface area contributed by atoms with Crippen LogP contribution in [-0.4, -0.2) is 35.7 Å². The number of ether oxygens (including phenoxy) is 1. The van der Waals surface area contributed by atoms with Gasteiger partial charge in [0.25, 0.3) is 0 Å². The molecule has 2 rings (SSSR count). The van der Waals surface area contributed by atoms with Gasteiger partial charge >= 0.3 is 0 Å². The van der Waals surface area contributed by atoms with Crippen LogP contribution in [0, 0.1) is 0 Å². The molecule has 0 unspecified atom stereocenters. The van der Waals surface area contributed by atoms with Crippen LogP contribution < -0.4 is 10.6 Å². The summed E-state index contributed by atoms with van der Waals surface area (Å²) in [6.45, 7) is 2.36. The van der Waals surface area contributed by atoms with Gasteiger partial charge in [-0.2, -0.15) is 0 Å². The van der Waals surface area contributed by atoms with Gasteiger partial charge in [0.15, 0.2) is 0 Å². The summed E-state index contributed by atoms with van der Waals surface area (Å²) < 4.78 is 6.72. The number of benzene rings is 1. The second-order valence-corrected chi connectivity index (χ2v) is 4.62. The van der Waals surface area contributed by atoms with Gasteiger partial charge in [0.05, 0.1) is 18.6 Å². The highest BCUT2D eigenvalue weighted by molar-refractivity contribution is 5.90. The molecule has 2 aromatic rings. The molecule has 0 fully saturated rings. The van der Waals surface area contributed by atoms with Crippen molar-refractivity contribution in [3.63, 3.8) is 0 Å². The van der Waals surface area contributed by atoms with Gasteiger partial charge in [0.2, 0.25) is 5.91 Å². The van der Waals surface area contributed by atoms with Crippen LogP contribution >= 0.6 is 0 Å². The van der Waals surface area contributed by atoms with E-state index in [2.05, 4.69) is 15.6 Å². The summed E-state index contributed by atoms with van der Waals surface area (Å²) >= 11 is 0. The van der Waals surface area contributed by atoms with E-state index in [0.29, 0.717) is 13.2 Å². The molecular weight excluding hydrogens is 268 g/mol. The number of carbonyl (C=O) groups is 1. The number of nitrogens with zero attached hydrogens (tertiary/aromatic N) is 2. The number of anilines is 1. The van der Waals surface area contributed by atoms with Crippen molar-refractivity contribution in [3.8, 4) is 0 Å². The second kappa shape index (κ2) is 8.18. The maximum atomic E-state index is 11.9. The van der Waals surface area contributed by atoms with Gasteiger partial charge in [0, 0.05) is 32.1 Å². The quantitative estimate of drug-likeness (QED) is 0.718. The molecule has 0 radical (unpaired) electrons. The summed E-state index contributed by atoms with van der Waals surface area (Å²) in [5, 5.41) is 6.05. The molecule has 2 N–H and O–H groups in total. The molecule has 0 atom stereocenters. The highest BCUT2D eigenvalue weighted by atomic mass is 16.5. The van der Waals surface area contributed by atoms with Gasteiger partial charge in [-0.3, -0.25) is 4.79 Å². The van der Waals surface area contributed by atoms with Gasteiger partial charge in [-0.1, -0.05) is 18.2 Å². The fourth-order valence-electron chi connectivity index (χ4n) is 1.86. The zero-order chi connectivity index (χ0) is 14.9. The molecule has 6 heteroatoms. The van der Waals surface area contributed by atoms with Crippen molar-refractivity contribution < 1.29 is 9.53 Å². The minimum absolute atomic E-state index is 0.0718. The summed E-state index contributed by atoms with van der Waals surface area (Å²) in [5.74, 6) is -0.0718. The lowest BCUT2D eigenvalue weighted by Crippen LogP contribution is -2.19. The Labute approximate surface area is 124 Å². The number of aromatic nitrogens is 2. The van der Waals surface area contributed by atoms with Crippen molar-refractivity contribution in [1.29, 1.82) is 0 Å². The van der Waals surface area contributed by atoms with Gasteiger partial charge in [-0.15, -0.1) is 0 Å². The lowest BCUT2D eigenvalue weighted by molar-refractivity contribution is -0.116. The van der Waals surface area contributed by atoms with Gasteiger partial charge in [0.1, 0.15) is 6.54 Å². The van der Waals surface area contributed by atoms with Gasteiger partial charge in [-0.05, 0) is 12.1 Å². The summed E-state index contributed by atoms with van der Waals surface area (Å²) in [6, 6.07) is 9.40. The summed E-state index contributed by atoms with van der Waals surface area (Å²) in [6.07, 6.45) is 3.53. The molecule has 1 aromatic carbocycles. The molecule has 0 saturated carbocycles. The Morgan fingerprint density at radius 2 is 2.14 bits per heavy atom. The van der Waals surface area contributed by atoms with Crippen molar-refractivity contribution >= 4 is 11.6 Å². The predicted molar refractivity (Wildman–Crippen MR) is 80.9 cm³/mol. The molecule has 6 nitrogen and oxygen atoms in total. The molecule has 0 saturated heterocycles. The van der Waals surface area contributed by atoms with E-state index in [1.165, 1.54) is 0 Å². The second-order valence-electron chi connectivity index (χ2n) is 4.62. The molecule has 0 aliphatic rings. The Bertz CT molecular complexity index is 554. The minimum Gasteiger partial charge on any atom is -0.383 e. The largest absolute Gasteiger partial charge is 0.383 e. The van der Waals surface area contributed by atoms with E-state index in [4.69, 9.17) is 4.74 Å². The molecule has 0 aliphatic carbocycles. The van der Waals surface area contributed by atoms with Crippen molar-refractivity contribution in [2.75, 3.05) is 25.6 Å². The molecule has 1 amide bonds. The number of hydrogen-bond donors (Lipinski definition) is 2. The summed E-state index contributed by atoms with van der Waals surface area (Å²) in [5.41, 5.74) is 1.70. The third kappa shape index (κ3) is 5.37. The monoisotopic (exact) mass is 288 g/mol. The Hall–Kier alpha value is -2.18. The number of rotatable bonds is 8. The first-order valence-electron chi connectivity index (χ1n) is 6.83.